The van der Waals surface area contributed by atoms with Crippen LogP contribution in [0.15, 0.2) is 0 Å². The van der Waals surface area contributed by atoms with Crippen molar-refractivity contribution in [3.05, 3.63) is 11.4 Å². The molecule has 1 amide bonds. The van der Waals surface area contributed by atoms with Gasteiger partial charge in [-0.3, -0.25) is 9.48 Å². The molecule has 1 aromatic rings. The van der Waals surface area contributed by atoms with Crippen molar-refractivity contribution >= 4 is 11.6 Å². The Morgan fingerprint density at radius 2 is 1.94 bits per heavy atom. The maximum absolute atomic E-state index is 11.3. The van der Waals surface area contributed by atoms with Crippen molar-refractivity contribution in [2.45, 2.75) is 39.7 Å². The summed E-state index contributed by atoms with van der Waals surface area (Å²) in [5, 5.41) is 7.99. The van der Waals surface area contributed by atoms with E-state index in [-0.39, 0.29) is 5.91 Å². The van der Waals surface area contributed by atoms with E-state index in [0.29, 0.717) is 6.04 Å². The van der Waals surface area contributed by atoms with E-state index in [1.807, 2.05) is 23.6 Å². The van der Waals surface area contributed by atoms with Crippen LogP contribution in [0, 0.1) is 13.8 Å². The molecule has 100 valence electrons. The third kappa shape index (κ3) is 2.49. The van der Waals surface area contributed by atoms with Crippen molar-refractivity contribution in [2.75, 3.05) is 18.4 Å². The van der Waals surface area contributed by atoms with Crippen LogP contribution >= 0.6 is 0 Å². The van der Waals surface area contributed by atoms with Gasteiger partial charge in [0, 0.05) is 33.1 Å². The molecule has 0 saturated carbocycles. The monoisotopic (exact) mass is 250 g/mol. The second kappa shape index (κ2) is 5.00. The molecule has 0 aromatic carbocycles. The van der Waals surface area contributed by atoms with E-state index in [1.165, 1.54) is 5.69 Å². The van der Waals surface area contributed by atoms with Crippen LogP contribution in [0.5, 0.6) is 0 Å². The highest BCUT2D eigenvalue weighted by Gasteiger charge is 2.22. The van der Waals surface area contributed by atoms with Gasteiger partial charge in [-0.15, -0.1) is 0 Å². The van der Waals surface area contributed by atoms with Crippen molar-refractivity contribution in [1.29, 1.82) is 0 Å². The lowest BCUT2D eigenvalue weighted by molar-refractivity contribution is -0.129. The number of hydrogen-bond acceptors (Lipinski definition) is 3. The summed E-state index contributed by atoms with van der Waals surface area (Å²) in [6.45, 7) is 7.45. The molecule has 1 aromatic heterocycles. The molecule has 0 radical (unpaired) electrons. The van der Waals surface area contributed by atoms with Gasteiger partial charge in [-0.1, -0.05) is 0 Å². The minimum absolute atomic E-state index is 0.183. The number of aryl methyl sites for hydroxylation is 2. The van der Waals surface area contributed by atoms with Crippen LogP contribution in [0.3, 0.4) is 0 Å². The number of nitrogens with zero attached hydrogens (tertiary/aromatic N) is 3. The Morgan fingerprint density at radius 3 is 2.39 bits per heavy atom. The quantitative estimate of drug-likeness (QED) is 0.864. The average molecular weight is 250 g/mol. The number of aromatic nitrogens is 2. The van der Waals surface area contributed by atoms with Crippen molar-refractivity contribution in [3.63, 3.8) is 0 Å². The average Bonchev–Trinajstić information content (AvgIpc) is 2.57. The van der Waals surface area contributed by atoms with Gasteiger partial charge in [0.2, 0.25) is 5.91 Å². The molecule has 1 aliphatic rings. The van der Waals surface area contributed by atoms with Crippen LogP contribution < -0.4 is 5.32 Å². The Bertz CT molecular complexity index is 444. The maximum Gasteiger partial charge on any atom is 0.219 e. The van der Waals surface area contributed by atoms with Gasteiger partial charge in [-0.25, -0.2) is 0 Å². The lowest BCUT2D eigenvalue weighted by atomic mass is 10.0. The first kappa shape index (κ1) is 12.9. The fraction of sp³-hybridized carbons (Fsp3) is 0.692. The highest BCUT2D eigenvalue weighted by molar-refractivity contribution is 5.73. The highest BCUT2D eigenvalue weighted by Crippen LogP contribution is 2.22. The van der Waals surface area contributed by atoms with Crippen LogP contribution in [0.2, 0.25) is 0 Å². The topological polar surface area (TPSA) is 50.2 Å². The molecule has 1 saturated heterocycles. The number of rotatable bonds is 2. The van der Waals surface area contributed by atoms with Crippen LogP contribution in [0.1, 0.15) is 31.2 Å². The molecule has 1 N–H and O–H groups in total. The van der Waals surface area contributed by atoms with Gasteiger partial charge in [0.05, 0.1) is 17.1 Å². The zero-order valence-corrected chi connectivity index (χ0v) is 11.7. The van der Waals surface area contributed by atoms with Gasteiger partial charge < -0.3 is 10.2 Å². The predicted molar refractivity (Wildman–Crippen MR) is 71.6 cm³/mol. The zero-order valence-electron chi connectivity index (χ0n) is 11.7. The van der Waals surface area contributed by atoms with Gasteiger partial charge in [-0.05, 0) is 26.7 Å². The number of piperidine rings is 1. The van der Waals surface area contributed by atoms with Crippen LogP contribution in [-0.2, 0) is 11.8 Å². The van der Waals surface area contributed by atoms with Gasteiger partial charge in [0.1, 0.15) is 0 Å². The molecule has 0 spiro atoms. The minimum Gasteiger partial charge on any atom is -0.379 e. The van der Waals surface area contributed by atoms with Crippen LogP contribution in [0.25, 0.3) is 0 Å². The molecule has 1 fully saturated rings. The van der Waals surface area contributed by atoms with Gasteiger partial charge in [0.15, 0.2) is 0 Å². The zero-order chi connectivity index (χ0) is 13.3. The summed E-state index contributed by atoms with van der Waals surface area (Å²) >= 11 is 0. The van der Waals surface area contributed by atoms with E-state index in [4.69, 9.17) is 0 Å². The molecule has 2 rings (SSSR count). The van der Waals surface area contributed by atoms with Crippen LogP contribution in [0.4, 0.5) is 5.69 Å². The maximum atomic E-state index is 11.3. The lowest BCUT2D eigenvalue weighted by Crippen LogP contribution is -2.41. The molecular formula is C13H22N4O. The lowest BCUT2D eigenvalue weighted by Gasteiger charge is -2.32. The molecule has 2 heterocycles. The smallest absolute Gasteiger partial charge is 0.219 e. The summed E-state index contributed by atoms with van der Waals surface area (Å²) in [7, 11) is 1.96. The second-order valence-electron chi connectivity index (χ2n) is 5.09. The van der Waals surface area contributed by atoms with Gasteiger partial charge in [-0.2, -0.15) is 5.10 Å². The first-order chi connectivity index (χ1) is 8.49. The second-order valence-corrected chi connectivity index (χ2v) is 5.09. The van der Waals surface area contributed by atoms with Crippen LogP contribution in [-0.4, -0.2) is 39.7 Å². The third-order valence-corrected chi connectivity index (χ3v) is 3.80. The Kier molecular flexibility index (Phi) is 3.59. The first-order valence-corrected chi connectivity index (χ1v) is 6.51. The molecule has 0 atom stereocenters. The minimum atomic E-state index is 0.183. The summed E-state index contributed by atoms with van der Waals surface area (Å²) < 4.78 is 1.91. The SMILES string of the molecule is CC(=O)N1CCC(Nc2c(C)nn(C)c2C)CC1. The van der Waals surface area contributed by atoms with E-state index in [2.05, 4.69) is 17.3 Å². The number of carbonyl (C=O) groups is 1. The van der Waals surface area contributed by atoms with E-state index in [9.17, 15) is 4.79 Å². The van der Waals surface area contributed by atoms with E-state index in [1.54, 1.807) is 6.92 Å². The molecular weight excluding hydrogens is 228 g/mol. The Morgan fingerprint density at radius 1 is 1.33 bits per heavy atom. The Balaban J connectivity index is 1.97. The van der Waals surface area contributed by atoms with E-state index >= 15 is 0 Å². The van der Waals surface area contributed by atoms with E-state index < -0.39 is 0 Å². The summed E-state index contributed by atoms with van der Waals surface area (Å²) in [6.07, 6.45) is 2.01. The van der Waals surface area contributed by atoms with Gasteiger partial charge >= 0.3 is 0 Å². The number of amides is 1. The Hall–Kier alpha value is -1.52. The summed E-state index contributed by atoms with van der Waals surface area (Å²) in [6, 6.07) is 0.446. The van der Waals surface area contributed by atoms with Crippen molar-refractivity contribution in [2.24, 2.45) is 7.05 Å². The highest BCUT2D eigenvalue weighted by atomic mass is 16.2. The van der Waals surface area contributed by atoms with Gasteiger partial charge in [0.25, 0.3) is 0 Å². The van der Waals surface area contributed by atoms with E-state index in [0.717, 1.165) is 37.3 Å². The fourth-order valence-electron chi connectivity index (χ4n) is 2.53. The molecule has 5 nitrogen and oxygen atoms in total. The number of hydrogen-bond donors (Lipinski definition) is 1. The number of likely N-dealkylation sites (tertiary alicyclic amines) is 1. The fourth-order valence-corrected chi connectivity index (χ4v) is 2.53. The molecule has 18 heavy (non-hydrogen) atoms. The number of carbonyl (C=O) groups excluding carboxylic acids is 1. The largest absolute Gasteiger partial charge is 0.379 e. The molecule has 0 unspecified atom stereocenters. The van der Waals surface area contributed by atoms with Crippen molar-refractivity contribution < 1.29 is 4.79 Å². The molecule has 0 aliphatic carbocycles. The first-order valence-electron chi connectivity index (χ1n) is 6.51. The predicted octanol–water partition coefficient (Wildman–Crippen LogP) is 1.46. The number of nitrogens with one attached hydrogen (secondary N) is 1. The summed E-state index contributed by atoms with van der Waals surface area (Å²) in [5.41, 5.74) is 3.37. The molecule has 1 aliphatic heterocycles. The normalized spacial score (nSPS) is 17.0. The van der Waals surface area contributed by atoms with Crippen molar-refractivity contribution in [1.82, 2.24) is 14.7 Å². The standard InChI is InChI=1S/C13H22N4O/c1-9-13(10(2)16(4)15-9)14-12-5-7-17(8-6-12)11(3)18/h12,14H,5-8H2,1-4H3. The summed E-state index contributed by atoms with van der Waals surface area (Å²) in [5.74, 6) is 0.183. The molecule has 5 heteroatoms. The molecule has 0 bridgehead atoms. The third-order valence-electron chi connectivity index (χ3n) is 3.80. The van der Waals surface area contributed by atoms with Crippen molar-refractivity contribution in [3.8, 4) is 0 Å². The Labute approximate surface area is 108 Å². The summed E-state index contributed by atoms with van der Waals surface area (Å²) in [4.78, 5) is 13.2. The number of anilines is 1.